The molecule has 0 spiro atoms. The van der Waals surface area contributed by atoms with Gasteiger partial charge in [-0.3, -0.25) is 4.79 Å². The fourth-order valence-electron chi connectivity index (χ4n) is 3.12. The molecule has 2 aromatic rings. The Balaban J connectivity index is 1.79. The molecule has 1 atom stereocenters. The van der Waals surface area contributed by atoms with Crippen molar-refractivity contribution in [3.05, 3.63) is 57.5 Å². The van der Waals surface area contributed by atoms with Crippen LogP contribution in [0.1, 0.15) is 30.7 Å². The number of benzene rings is 1. The molecule has 0 radical (unpaired) electrons. The lowest BCUT2D eigenvalue weighted by Crippen LogP contribution is -2.29. The number of rotatable bonds is 2. The molecule has 1 aromatic heterocycles. The largest absolute Gasteiger partial charge is 0.369 e. The lowest BCUT2D eigenvalue weighted by Gasteiger charge is -2.23. The highest BCUT2D eigenvalue weighted by Gasteiger charge is 2.21. The van der Waals surface area contributed by atoms with Crippen LogP contribution in [0.25, 0.3) is 0 Å². The van der Waals surface area contributed by atoms with E-state index in [4.69, 9.17) is 11.6 Å². The van der Waals surface area contributed by atoms with Crippen molar-refractivity contribution in [2.45, 2.75) is 25.2 Å². The van der Waals surface area contributed by atoms with Crippen molar-refractivity contribution in [2.75, 3.05) is 18.0 Å². The average molecular weight is 318 g/mol. The minimum Gasteiger partial charge on any atom is -0.369 e. The topological polar surface area (TPSA) is 38.1 Å². The standard InChI is InChI=1S/C17H20ClN3O/c1-20-17(22)16(18)15(12-19-20)21-10-5-8-14(9-11-21)13-6-3-2-4-7-13/h2-4,6-7,12,14H,5,8-11H2,1H3. The van der Waals surface area contributed by atoms with Crippen LogP contribution in [-0.2, 0) is 7.05 Å². The number of hydrogen-bond donors (Lipinski definition) is 0. The molecule has 0 bridgehead atoms. The number of hydrogen-bond acceptors (Lipinski definition) is 3. The van der Waals surface area contributed by atoms with Gasteiger partial charge < -0.3 is 4.90 Å². The van der Waals surface area contributed by atoms with Crippen molar-refractivity contribution in [3.8, 4) is 0 Å². The molecule has 1 aromatic carbocycles. The summed E-state index contributed by atoms with van der Waals surface area (Å²) in [5.74, 6) is 0.574. The van der Waals surface area contributed by atoms with Gasteiger partial charge in [-0.05, 0) is 30.7 Å². The van der Waals surface area contributed by atoms with Gasteiger partial charge in [-0.2, -0.15) is 5.10 Å². The molecule has 1 fully saturated rings. The Morgan fingerprint density at radius 3 is 2.73 bits per heavy atom. The molecular formula is C17H20ClN3O. The van der Waals surface area contributed by atoms with Crippen LogP contribution in [0.2, 0.25) is 5.02 Å². The van der Waals surface area contributed by atoms with Crippen molar-refractivity contribution in [2.24, 2.45) is 7.05 Å². The molecule has 4 nitrogen and oxygen atoms in total. The van der Waals surface area contributed by atoms with Gasteiger partial charge in [0.25, 0.3) is 5.56 Å². The van der Waals surface area contributed by atoms with Crippen LogP contribution in [0.4, 0.5) is 5.69 Å². The highest BCUT2D eigenvalue weighted by Crippen LogP contribution is 2.31. The molecule has 0 saturated carbocycles. The third kappa shape index (κ3) is 3.02. The van der Waals surface area contributed by atoms with Crippen molar-refractivity contribution >= 4 is 17.3 Å². The molecular weight excluding hydrogens is 298 g/mol. The number of nitrogens with zero attached hydrogens (tertiary/aromatic N) is 3. The molecule has 1 aliphatic heterocycles. The lowest BCUT2D eigenvalue weighted by atomic mass is 9.92. The maximum absolute atomic E-state index is 11.9. The SMILES string of the molecule is Cn1ncc(N2CCCC(c3ccccc3)CC2)c(Cl)c1=O. The van der Waals surface area contributed by atoms with E-state index >= 15 is 0 Å². The molecule has 116 valence electrons. The predicted octanol–water partition coefficient (Wildman–Crippen LogP) is 3.21. The number of anilines is 1. The summed E-state index contributed by atoms with van der Waals surface area (Å²) < 4.78 is 1.27. The zero-order chi connectivity index (χ0) is 15.5. The van der Waals surface area contributed by atoms with Crippen LogP contribution < -0.4 is 10.5 Å². The first-order valence-corrected chi connectivity index (χ1v) is 8.06. The number of aromatic nitrogens is 2. The quantitative estimate of drug-likeness (QED) is 0.853. The molecule has 2 heterocycles. The summed E-state index contributed by atoms with van der Waals surface area (Å²) in [6, 6.07) is 10.7. The van der Waals surface area contributed by atoms with Crippen LogP contribution in [0.15, 0.2) is 41.3 Å². The van der Waals surface area contributed by atoms with E-state index in [-0.39, 0.29) is 10.6 Å². The fourth-order valence-corrected chi connectivity index (χ4v) is 3.41. The fraction of sp³-hybridized carbons (Fsp3) is 0.412. The Labute approximate surface area is 135 Å². The molecule has 1 aliphatic rings. The van der Waals surface area contributed by atoms with E-state index in [9.17, 15) is 4.79 Å². The zero-order valence-corrected chi connectivity index (χ0v) is 13.5. The van der Waals surface area contributed by atoms with Gasteiger partial charge >= 0.3 is 0 Å². The molecule has 22 heavy (non-hydrogen) atoms. The van der Waals surface area contributed by atoms with Crippen molar-refractivity contribution in [1.29, 1.82) is 0 Å². The monoisotopic (exact) mass is 317 g/mol. The Kier molecular flexibility index (Phi) is 4.48. The van der Waals surface area contributed by atoms with Gasteiger partial charge in [0.05, 0.1) is 11.9 Å². The highest BCUT2D eigenvalue weighted by atomic mass is 35.5. The summed E-state index contributed by atoms with van der Waals surface area (Å²) in [5, 5.41) is 4.37. The summed E-state index contributed by atoms with van der Waals surface area (Å²) in [6.45, 7) is 1.81. The highest BCUT2D eigenvalue weighted by molar-refractivity contribution is 6.33. The second kappa shape index (κ2) is 6.53. The van der Waals surface area contributed by atoms with Crippen LogP contribution in [0, 0.1) is 0 Å². The Hall–Kier alpha value is -1.81. The Morgan fingerprint density at radius 2 is 1.95 bits per heavy atom. The molecule has 1 unspecified atom stereocenters. The van der Waals surface area contributed by atoms with Gasteiger partial charge in [0.1, 0.15) is 5.02 Å². The van der Waals surface area contributed by atoms with E-state index in [1.165, 1.54) is 10.2 Å². The van der Waals surface area contributed by atoms with E-state index < -0.39 is 0 Å². The van der Waals surface area contributed by atoms with E-state index in [0.29, 0.717) is 5.92 Å². The lowest BCUT2D eigenvalue weighted by molar-refractivity contribution is 0.612. The number of aryl methyl sites for hydroxylation is 1. The van der Waals surface area contributed by atoms with Crippen LogP contribution in [-0.4, -0.2) is 22.9 Å². The van der Waals surface area contributed by atoms with Crippen molar-refractivity contribution < 1.29 is 0 Å². The maximum atomic E-state index is 11.9. The molecule has 5 heteroatoms. The molecule has 0 N–H and O–H groups in total. The summed E-state index contributed by atoms with van der Waals surface area (Å²) in [6.07, 6.45) is 5.02. The van der Waals surface area contributed by atoms with Gasteiger partial charge in [-0.25, -0.2) is 4.68 Å². The summed E-state index contributed by atoms with van der Waals surface area (Å²) in [5.41, 5.74) is 1.93. The van der Waals surface area contributed by atoms with Gasteiger partial charge in [0.15, 0.2) is 0 Å². The second-order valence-electron chi connectivity index (χ2n) is 5.80. The second-order valence-corrected chi connectivity index (χ2v) is 6.18. The van der Waals surface area contributed by atoms with Crippen molar-refractivity contribution in [1.82, 2.24) is 9.78 Å². The predicted molar refractivity (Wildman–Crippen MR) is 89.7 cm³/mol. The van der Waals surface area contributed by atoms with E-state index in [2.05, 4.69) is 40.3 Å². The zero-order valence-electron chi connectivity index (χ0n) is 12.7. The van der Waals surface area contributed by atoms with E-state index in [0.717, 1.165) is 38.0 Å². The smallest absolute Gasteiger partial charge is 0.287 e. The summed E-state index contributed by atoms with van der Waals surface area (Å²) in [4.78, 5) is 14.1. The number of halogens is 1. The maximum Gasteiger partial charge on any atom is 0.287 e. The minimum absolute atomic E-state index is 0.233. The van der Waals surface area contributed by atoms with Crippen LogP contribution in [0.3, 0.4) is 0 Å². The van der Waals surface area contributed by atoms with E-state index in [1.807, 2.05) is 0 Å². The first kappa shape index (κ1) is 15.1. The Bertz CT molecular complexity index is 699. The third-order valence-corrected chi connectivity index (χ3v) is 4.75. The van der Waals surface area contributed by atoms with Crippen LogP contribution >= 0.6 is 11.6 Å². The van der Waals surface area contributed by atoms with Gasteiger partial charge in [0, 0.05) is 20.1 Å². The molecule has 1 saturated heterocycles. The Morgan fingerprint density at radius 1 is 1.18 bits per heavy atom. The average Bonchev–Trinajstić information content (AvgIpc) is 2.80. The molecule has 3 rings (SSSR count). The first-order valence-electron chi connectivity index (χ1n) is 7.68. The third-order valence-electron chi connectivity index (χ3n) is 4.40. The van der Waals surface area contributed by atoms with Gasteiger partial charge in [0.2, 0.25) is 0 Å². The van der Waals surface area contributed by atoms with E-state index in [1.54, 1.807) is 13.2 Å². The van der Waals surface area contributed by atoms with Gasteiger partial charge in [-0.15, -0.1) is 0 Å². The van der Waals surface area contributed by atoms with Crippen molar-refractivity contribution in [3.63, 3.8) is 0 Å². The minimum atomic E-state index is -0.233. The normalized spacial score (nSPS) is 19.0. The molecule has 0 amide bonds. The van der Waals surface area contributed by atoms with Gasteiger partial charge in [-0.1, -0.05) is 41.9 Å². The summed E-state index contributed by atoms with van der Waals surface area (Å²) in [7, 11) is 1.62. The summed E-state index contributed by atoms with van der Waals surface area (Å²) >= 11 is 6.22. The first-order chi connectivity index (χ1) is 10.7. The van der Waals surface area contributed by atoms with Crippen LogP contribution in [0.5, 0.6) is 0 Å². The molecule has 0 aliphatic carbocycles.